The topological polar surface area (TPSA) is 12.0 Å². The van der Waals surface area contributed by atoms with Crippen LogP contribution in [0.4, 0.5) is 0 Å². The number of rotatable bonds is 6. The van der Waals surface area contributed by atoms with E-state index in [1.165, 1.54) is 22.9 Å². The van der Waals surface area contributed by atoms with Crippen LogP contribution in [0.1, 0.15) is 32.3 Å². The lowest BCUT2D eigenvalue weighted by Crippen LogP contribution is -2.30. The average molecular weight is 270 g/mol. The van der Waals surface area contributed by atoms with Crippen LogP contribution in [0.3, 0.4) is 0 Å². The molecule has 1 aromatic carbocycles. The summed E-state index contributed by atoms with van der Waals surface area (Å²) in [6.45, 7) is 5.47. The predicted molar refractivity (Wildman–Crippen MR) is 70.2 cm³/mol. The summed E-state index contributed by atoms with van der Waals surface area (Å²) in [6.07, 6.45) is 3.62. The smallest absolute Gasteiger partial charge is 0.0178 e. The van der Waals surface area contributed by atoms with Gasteiger partial charge < -0.3 is 5.32 Å². The molecule has 1 rings (SSSR count). The first-order chi connectivity index (χ1) is 7.26. The molecule has 1 unspecified atom stereocenters. The minimum atomic E-state index is 0.620. The minimum Gasteiger partial charge on any atom is -0.314 e. The second-order valence-electron chi connectivity index (χ2n) is 3.88. The summed E-state index contributed by atoms with van der Waals surface area (Å²) in [5.41, 5.74) is 1.41. The quantitative estimate of drug-likeness (QED) is 0.829. The molecule has 1 N–H and O–H groups in total. The summed E-state index contributed by atoms with van der Waals surface area (Å²) in [4.78, 5) is 0. The highest BCUT2D eigenvalue weighted by Crippen LogP contribution is 2.14. The SMILES string of the molecule is CCCC(Cc1cccc(Br)c1)NCC. The monoisotopic (exact) mass is 269 g/mol. The molecule has 0 saturated carbocycles. The van der Waals surface area contributed by atoms with Crippen LogP contribution in [0.2, 0.25) is 0 Å². The van der Waals surface area contributed by atoms with Crippen molar-refractivity contribution in [3.8, 4) is 0 Å². The van der Waals surface area contributed by atoms with Crippen LogP contribution in [0.5, 0.6) is 0 Å². The van der Waals surface area contributed by atoms with Gasteiger partial charge in [-0.15, -0.1) is 0 Å². The van der Waals surface area contributed by atoms with Crippen LogP contribution in [0.15, 0.2) is 28.7 Å². The molecule has 15 heavy (non-hydrogen) atoms. The van der Waals surface area contributed by atoms with Gasteiger partial charge in [-0.3, -0.25) is 0 Å². The molecule has 0 saturated heterocycles. The molecule has 0 amide bonds. The van der Waals surface area contributed by atoms with Crippen LogP contribution in [0.25, 0.3) is 0 Å². The van der Waals surface area contributed by atoms with Gasteiger partial charge in [0.15, 0.2) is 0 Å². The van der Waals surface area contributed by atoms with E-state index in [-0.39, 0.29) is 0 Å². The molecule has 2 heteroatoms. The Morgan fingerprint density at radius 3 is 2.73 bits per heavy atom. The van der Waals surface area contributed by atoms with Crippen molar-refractivity contribution in [2.75, 3.05) is 6.54 Å². The summed E-state index contributed by atoms with van der Waals surface area (Å²) in [7, 11) is 0. The fourth-order valence-corrected chi connectivity index (χ4v) is 2.31. The highest BCUT2D eigenvalue weighted by molar-refractivity contribution is 9.10. The lowest BCUT2D eigenvalue weighted by Gasteiger charge is -2.17. The Balaban J connectivity index is 2.56. The number of likely N-dealkylation sites (N-methyl/N-ethyl adjacent to an activating group) is 1. The third-order valence-corrected chi connectivity index (χ3v) is 2.99. The molecule has 1 aromatic rings. The molecular formula is C13H20BrN. The van der Waals surface area contributed by atoms with E-state index in [0.717, 1.165) is 13.0 Å². The average Bonchev–Trinajstić information content (AvgIpc) is 2.18. The highest BCUT2D eigenvalue weighted by atomic mass is 79.9. The third kappa shape index (κ3) is 4.80. The van der Waals surface area contributed by atoms with Crippen molar-refractivity contribution in [1.82, 2.24) is 5.32 Å². The first-order valence-electron chi connectivity index (χ1n) is 5.74. The van der Waals surface area contributed by atoms with Gasteiger partial charge in [-0.2, -0.15) is 0 Å². The third-order valence-electron chi connectivity index (χ3n) is 2.50. The second kappa shape index (κ2) is 7.02. The summed E-state index contributed by atoms with van der Waals surface area (Å²) >= 11 is 3.51. The predicted octanol–water partition coefficient (Wildman–Crippen LogP) is 3.77. The molecule has 0 fully saturated rings. The van der Waals surface area contributed by atoms with Crippen molar-refractivity contribution in [2.24, 2.45) is 0 Å². The highest BCUT2D eigenvalue weighted by Gasteiger charge is 2.06. The van der Waals surface area contributed by atoms with Crippen molar-refractivity contribution in [1.29, 1.82) is 0 Å². The second-order valence-corrected chi connectivity index (χ2v) is 4.79. The summed E-state index contributed by atoms with van der Waals surface area (Å²) in [5.74, 6) is 0. The molecule has 0 bridgehead atoms. The molecule has 0 aliphatic heterocycles. The molecule has 0 radical (unpaired) electrons. The zero-order valence-electron chi connectivity index (χ0n) is 9.59. The molecule has 1 atom stereocenters. The Bertz CT molecular complexity index is 280. The lowest BCUT2D eigenvalue weighted by molar-refractivity contribution is 0.486. The van der Waals surface area contributed by atoms with E-state index in [2.05, 4.69) is 59.4 Å². The van der Waals surface area contributed by atoms with E-state index >= 15 is 0 Å². The fourth-order valence-electron chi connectivity index (χ4n) is 1.86. The molecule has 1 nitrogen and oxygen atoms in total. The van der Waals surface area contributed by atoms with Crippen LogP contribution < -0.4 is 5.32 Å². The van der Waals surface area contributed by atoms with Crippen molar-refractivity contribution in [2.45, 2.75) is 39.2 Å². The Morgan fingerprint density at radius 1 is 1.33 bits per heavy atom. The maximum atomic E-state index is 3.54. The Morgan fingerprint density at radius 2 is 2.13 bits per heavy atom. The van der Waals surface area contributed by atoms with Gasteiger partial charge in [0.05, 0.1) is 0 Å². The van der Waals surface area contributed by atoms with E-state index < -0.39 is 0 Å². The molecular weight excluding hydrogens is 250 g/mol. The van der Waals surface area contributed by atoms with Crippen molar-refractivity contribution < 1.29 is 0 Å². The Kier molecular flexibility index (Phi) is 5.96. The Hall–Kier alpha value is -0.340. The van der Waals surface area contributed by atoms with Gasteiger partial charge in [-0.25, -0.2) is 0 Å². The molecule has 0 aliphatic rings. The van der Waals surface area contributed by atoms with Crippen LogP contribution in [-0.2, 0) is 6.42 Å². The van der Waals surface area contributed by atoms with Crippen molar-refractivity contribution in [3.05, 3.63) is 34.3 Å². The number of benzene rings is 1. The van der Waals surface area contributed by atoms with Crippen LogP contribution >= 0.6 is 15.9 Å². The maximum absolute atomic E-state index is 3.54. The van der Waals surface area contributed by atoms with Crippen molar-refractivity contribution in [3.63, 3.8) is 0 Å². The van der Waals surface area contributed by atoms with E-state index in [4.69, 9.17) is 0 Å². The van der Waals surface area contributed by atoms with Gasteiger partial charge in [0, 0.05) is 10.5 Å². The first kappa shape index (κ1) is 12.7. The largest absolute Gasteiger partial charge is 0.314 e. The molecule has 0 aromatic heterocycles. The fraction of sp³-hybridized carbons (Fsp3) is 0.538. The zero-order chi connectivity index (χ0) is 11.1. The minimum absolute atomic E-state index is 0.620. The zero-order valence-corrected chi connectivity index (χ0v) is 11.2. The molecule has 84 valence electrons. The lowest BCUT2D eigenvalue weighted by atomic mass is 10.0. The Labute approximate surface area is 101 Å². The number of nitrogens with one attached hydrogen (secondary N) is 1. The van der Waals surface area contributed by atoms with Crippen LogP contribution in [0, 0.1) is 0 Å². The van der Waals surface area contributed by atoms with Gasteiger partial charge in [0.2, 0.25) is 0 Å². The summed E-state index contributed by atoms with van der Waals surface area (Å²) < 4.78 is 1.17. The van der Waals surface area contributed by atoms with Gasteiger partial charge >= 0.3 is 0 Å². The summed E-state index contributed by atoms with van der Waals surface area (Å²) in [5, 5.41) is 3.54. The van der Waals surface area contributed by atoms with E-state index in [1.807, 2.05) is 0 Å². The standard InChI is InChI=1S/C13H20BrN/c1-3-6-13(15-4-2)10-11-7-5-8-12(14)9-11/h5,7-9,13,15H,3-4,6,10H2,1-2H3. The van der Waals surface area contributed by atoms with E-state index in [0.29, 0.717) is 6.04 Å². The number of halogens is 1. The molecule has 0 heterocycles. The summed E-state index contributed by atoms with van der Waals surface area (Å²) in [6, 6.07) is 9.21. The van der Waals surface area contributed by atoms with Gasteiger partial charge in [-0.1, -0.05) is 48.3 Å². The van der Waals surface area contributed by atoms with E-state index in [9.17, 15) is 0 Å². The van der Waals surface area contributed by atoms with Gasteiger partial charge in [0.1, 0.15) is 0 Å². The number of hydrogen-bond donors (Lipinski definition) is 1. The maximum Gasteiger partial charge on any atom is 0.0178 e. The molecule has 0 spiro atoms. The van der Waals surface area contributed by atoms with Gasteiger partial charge in [0.25, 0.3) is 0 Å². The van der Waals surface area contributed by atoms with Crippen molar-refractivity contribution >= 4 is 15.9 Å². The number of hydrogen-bond acceptors (Lipinski definition) is 1. The molecule has 0 aliphatic carbocycles. The van der Waals surface area contributed by atoms with Crippen LogP contribution in [-0.4, -0.2) is 12.6 Å². The van der Waals surface area contributed by atoms with Gasteiger partial charge in [-0.05, 0) is 37.1 Å². The first-order valence-corrected chi connectivity index (χ1v) is 6.53. The van der Waals surface area contributed by atoms with E-state index in [1.54, 1.807) is 0 Å². The normalized spacial score (nSPS) is 12.7.